The van der Waals surface area contributed by atoms with Gasteiger partial charge in [-0.15, -0.1) is 11.3 Å². The average Bonchev–Trinajstić information content (AvgIpc) is 2.89. The van der Waals surface area contributed by atoms with Gasteiger partial charge < -0.3 is 10.2 Å². The summed E-state index contributed by atoms with van der Waals surface area (Å²) in [4.78, 5) is 3.97. The molecule has 0 aliphatic heterocycles. The Balaban J connectivity index is 2.16. The number of hydrogen-bond acceptors (Lipinski definition) is 3. The molecule has 2 nitrogen and oxygen atoms in total. The molecule has 1 aromatic rings. The van der Waals surface area contributed by atoms with E-state index in [0.717, 1.165) is 6.42 Å². The molecule has 0 spiro atoms. The van der Waals surface area contributed by atoms with Gasteiger partial charge in [0.25, 0.3) is 0 Å². The average molecular weight is 266 g/mol. The minimum atomic E-state index is 0.344. The van der Waals surface area contributed by atoms with E-state index in [4.69, 9.17) is 0 Å². The summed E-state index contributed by atoms with van der Waals surface area (Å²) in [5, 5.41) is 5.78. The number of likely N-dealkylation sites (N-methyl/N-ethyl adjacent to an activating group) is 2. The summed E-state index contributed by atoms with van der Waals surface area (Å²) in [5.74, 6) is 0. The maximum atomic E-state index is 3.60. The summed E-state index contributed by atoms with van der Waals surface area (Å²) in [6, 6.07) is 4.99. The summed E-state index contributed by atoms with van der Waals surface area (Å²) < 4.78 is 0. The van der Waals surface area contributed by atoms with Crippen LogP contribution >= 0.6 is 11.3 Å². The summed E-state index contributed by atoms with van der Waals surface area (Å²) >= 11 is 1.88. The molecule has 1 N–H and O–H groups in total. The molecular formula is C15H26N2S. The maximum Gasteiger partial charge on any atom is 0.0359 e. The lowest BCUT2D eigenvalue weighted by Crippen LogP contribution is -2.60. The van der Waals surface area contributed by atoms with Gasteiger partial charge in [-0.05, 0) is 51.9 Å². The number of hydrogen-bond donors (Lipinski definition) is 1. The zero-order valence-corrected chi connectivity index (χ0v) is 12.7. The Morgan fingerprint density at radius 2 is 2.06 bits per heavy atom. The van der Waals surface area contributed by atoms with Crippen LogP contribution in [0.4, 0.5) is 0 Å². The van der Waals surface area contributed by atoms with E-state index in [9.17, 15) is 0 Å². The first-order chi connectivity index (χ1) is 8.69. The monoisotopic (exact) mass is 266 g/mol. The first kappa shape index (κ1) is 14.0. The molecule has 0 aromatic carbocycles. The molecule has 0 radical (unpaired) electrons. The SMILES string of the molecule is CNC(Cc1cccs1)C1(N(C)C)CCCCC1. The van der Waals surface area contributed by atoms with Gasteiger partial charge in [0.15, 0.2) is 0 Å². The molecular weight excluding hydrogens is 240 g/mol. The van der Waals surface area contributed by atoms with Crippen molar-refractivity contribution in [3.05, 3.63) is 22.4 Å². The number of nitrogens with one attached hydrogen (secondary N) is 1. The Morgan fingerprint density at radius 3 is 2.56 bits per heavy atom. The number of nitrogens with zero attached hydrogens (tertiary/aromatic N) is 1. The van der Waals surface area contributed by atoms with E-state index < -0.39 is 0 Å². The molecule has 0 saturated heterocycles. The van der Waals surface area contributed by atoms with Crippen LogP contribution in [0, 0.1) is 0 Å². The molecule has 1 saturated carbocycles. The summed E-state index contributed by atoms with van der Waals surface area (Å²) in [6.07, 6.45) is 7.98. The fourth-order valence-electron chi connectivity index (χ4n) is 3.46. The van der Waals surface area contributed by atoms with E-state index in [2.05, 4.69) is 48.9 Å². The van der Waals surface area contributed by atoms with E-state index in [1.165, 1.54) is 37.0 Å². The summed E-state index contributed by atoms with van der Waals surface area (Å²) in [7, 11) is 6.63. The van der Waals surface area contributed by atoms with Crippen molar-refractivity contribution >= 4 is 11.3 Å². The van der Waals surface area contributed by atoms with Crippen LogP contribution < -0.4 is 5.32 Å². The Hall–Kier alpha value is -0.380. The molecule has 1 atom stereocenters. The molecule has 1 unspecified atom stereocenters. The smallest absolute Gasteiger partial charge is 0.0359 e. The fourth-order valence-corrected chi connectivity index (χ4v) is 4.21. The topological polar surface area (TPSA) is 15.3 Å². The highest BCUT2D eigenvalue weighted by Crippen LogP contribution is 2.36. The fraction of sp³-hybridized carbons (Fsp3) is 0.733. The van der Waals surface area contributed by atoms with Crippen LogP contribution in [0.25, 0.3) is 0 Å². The molecule has 1 aromatic heterocycles. The third-order valence-corrected chi connectivity index (χ3v) is 5.49. The number of rotatable bonds is 5. The maximum absolute atomic E-state index is 3.60. The predicted octanol–water partition coefficient (Wildman–Crippen LogP) is 3.14. The van der Waals surface area contributed by atoms with Gasteiger partial charge in [-0.2, -0.15) is 0 Å². The van der Waals surface area contributed by atoms with E-state index >= 15 is 0 Å². The van der Waals surface area contributed by atoms with Crippen LogP contribution in [0.15, 0.2) is 17.5 Å². The van der Waals surface area contributed by atoms with Crippen molar-refractivity contribution < 1.29 is 0 Å². The summed E-state index contributed by atoms with van der Waals surface area (Å²) in [5.41, 5.74) is 0.344. The highest BCUT2D eigenvalue weighted by atomic mass is 32.1. The predicted molar refractivity (Wildman–Crippen MR) is 80.4 cm³/mol. The van der Waals surface area contributed by atoms with Crippen molar-refractivity contribution in [3.63, 3.8) is 0 Å². The van der Waals surface area contributed by atoms with Crippen molar-refractivity contribution in [2.75, 3.05) is 21.1 Å². The quantitative estimate of drug-likeness (QED) is 0.881. The largest absolute Gasteiger partial charge is 0.315 e. The van der Waals surface area contributed by atoms with Gasteiger partial charge in [-0.25, -0.2) is 0 Å². The lowest BCUT2D eigenvalue weighted by Gasteiger charge is -2.48. The highest BCUT2D eigenvalue weighted by Gasteiger charge is 2.40. The van der Waals surface area contributed by atoms with E-state index in [1.807, 2.05) is 11.3 Å². The first-order valence-electron chi connectivity index (χ1n) is 7.06. The third kappa shape index (κ3) is 2.79. The van der Waals surface area contributed by atoms with Crippen LogP contribution in [0.1, 0.15) is 37.0 Å². The Labute approximate surface area is 115 Å². The van der Waals surface area contributed by atoms with Gasteiger partial charge >= 0.3 is 0 Å². The van der Waals surface area contributed by atoms with Crippen molar-refractivity contribution in [3.8, 4) is 0 Å². The normalized spacial score (nSPS) is 21.1. The second-order valence-electron chi connectivity index (χ2n) is 5.68. The molecule has 1 heterocycles. The molecule has 3 heteroatoms. The second kappa shape index (κ2) is 6.18. The lowest BCUT2D eigenvalue weighted by atomic mass is 9.74. The summed E-state index contributed by atoms with van der Waals surface area (Å²) in [6.45, 7) is 0. The Morgan fingerprint density at radius 1 is 1.33 bits per heavy atom. The minimum absolute atomic E-state index is 0.344. The lowest BCUT2D eigenvalue weighted by molar-refractivity contribution is 0.0601. The highest BCUT2D eigenvalue weighted by molar-refractivity contribution is 7.09. The van der Waals surface area contributed by atoms with Gasteiger partial charge in [0.2, 0.25) is 0 Å². The van der Waals surface area contributed by atoms with E-state index in [-0.39, 0.29) is 0 Å². The molecule has 0 bridgehead atoms. The van der Waals surface area contributed by atoms with Crippen molar-refractivity contribution in [2.24, 2.45) is 0 Å². The van der Waals surface area contributed by atoms with Crippen LogP contribution in [0.5, 0.6) is 0 Å². The zero-order valence-electron chi connectivity index (χ0n) is 11.9. The van der Waals surface area contributed by atoms with Crippen LogP contribution in [-0.2, 0) is 6.42 Å². The zero-order chi connectivity index (χ0) is 13.0. The molecule has 102 valence electrons. The number of thiophene rings is 1. The second-order valence-corrected chi connectivity index (χ2v) is 6.72. The molecule has 1 aliphatic rings. The van der Waals surface area contributed by atoms with E-state index in [1.54, 1.807) is 0 Å². The first-order valence-corrected chi connectivity index (χ1v) is 7.94. The van der Waals surface area contributed by atoms with Gasteiger partial charge in [0.05, 0.1) is 0 Å². The molecule has 1 aliphatic carbocycles. The van der Waals surface area contributed by atoms with Crippen LogP contribution in [-0.4, -0.2) is 37.6 Å². The van der Waals surface area contributed by atoms with Crippen molar-refractivity contribution in [1.82, 2.24) is 10.2 Å². The standard InChI is InChI=1S/C15H26N2S/c1-16-14(12-13-8-7-11-18-13)15(17(2)3)9-5-4-6-10-15/h7-8,11,14,16H,4-6,9-10,12H2,1-3H3. The van der Waals surface area contributed by atoms with Gasteiger partial charge in [0, 0.05) is 16.5 Å². The third-order valence-electron chi connectivity index (χ3n) is 4.59. The minimum Gasteiger partial charge on any atom is -0.315 e. The van der Waals surface area contributed by atoms with Crippen molar-refractivity contribution in [1.29, 1.82) is 0 Å². The molecule has 18 heavy (non-hydrogen) atoms. The Bertz CT molecular complexity index is 339. The van der Waals surface area contributed by atoms with Gasteiger partial charge in [0.1, 0.15) is 0 Å². The van der Waals surface area contributed by atoms with Crippen molar-refractivity contribution in [2.45, 2.75) is 50.1 Å². The van der Waals surface area contributed by atoms with Crippen LogP contribution in [0.3, 0.4) is 0 Å². The van der Waals surface area contributed by atoms with Gasteiger partial charge in [-0.3, -0.25) is 0 Å². The molecule has 2 rings (SSSR count). The molecule has 0 amide bonds. The van der Waals surface area contributed by atoms with Crippen LogP contribution in [0.2, 0.25) is 0 Å². The Kier molecular flexibility index (Phi) is 4.82. The van der Waals surface area contributed by atoms with Gasteiger partial charge in [-0.1, -0.05) is 25.3 Å². The van der Waals surface area contributed by atoms with E-state index in [0.29, 0.717) is 11.6 Å². The molecule has 1 fully saturated rings.